The van der Waals surface area contributed by atoms with E-state index in [-0.39, 0.29) is 15.1 Å². The Bertz CT molecular complexity index is 436. The first-order valence-electron chi connectivity index (χ1n) is 4.08. The van der Waals surface area contributed by atoms with Crippen molar-refractivity contribution < 1.29 is 23.1 Å². The van der Waals surface area contributed by atoms with Gasteiger partial charge in [-0.05, 0) is 17.7 Å². The van der Waals surface area contributed by atoms with Gasteiger partial charge in [0, 0.05) is 0 Å². The summed E-state index contributed by atoms with van der Waals surface area (Å²) in [6.45, 7) is 0. The fourth-order valence-electron chi connectivity index (χ4n) is 1.21. The van der Waals surface area contributed by atoms with E-state index in [1.54, 1.807) is 0 Å². The number of halogens is 6. The van der Waals surface area contributed by atoms with Crippen molar-refractivity contribution in [3.63, 3.8) is 0 Å². The summed E-state index contributed by atoms with van der Waals surface area (Å²) in [5.74, 6) is -4.72. The van der Waals surface area contributed by atoms with E-state index in [9.17, 15) is 18.0 Å². The lowest BCUT2D eigenvalue weighted by Crippen LogP contribution is -2.28. The van der Waals surface area contributed by atoms with Gasteiger partial charge in [0.05, 0.1) is 15.1 Å². The third-order valence-electron chi connectivity index (χ3n) is 1.91. The first-order chi connectivity index (χ1) is 7.64. The van der Waals surface area contributed by atoms with E-state index in [0.717, 1.165) is 12.1 Å². The molecule has 0 aliphatic heterocycles. The molecule has 0 aliphatic carbocycles. The number of hydrogen-bond acceptors (Lipinski definition) is 1. The molecular formula is C9H4Cl3F3O2. The lowest BCUT2D eigenvalue weighted by molar-refractivity contribution is -0.176. The molecule has 94 valence electrons. The molecule has 1 unspecified atom stereocenters. The van der Waals surface area contributed by atoms with E-state index in [1.165, 1.54) is 0 Å². The molecule has 17 heavy (non-hydrogen) atoms. The summed E-state index contributed by atoms with van der Waals surface area (Å²) in [5.41, 5.74) is -0.565. The van der Waals surface area contributed by atoms with Crippen LogP contribution in [-0.4, -0.2) is 17.3 Å². The zero-order chi connectivity index (χ0) is 13.4. The summed E-state index contributed by atoms with van der Waals surface area (Å²) in [4.78, 5) is 10.6. The van der Waals surface area contributed by atoms with Crippen LogP contribution in [0.3, 0.4) is 0 Å². The number of hydrogen-bond donors (Lipinski definition) is 1. The standard InChI is InChI=1S/C9H4Cl3F3O2/c10-4-1-3(2-5(11)7(4)12)6(8(16)17)9(13,14)15/h1-2,6H,(H,16,17). The Kier molecular flexibility index (Phi) is 4.17. The second-order valence-electron chi connectivity index (χ2n) is 3.11. The zero-order valence-electron chi connectivity index (χ0n) is 7.86. The highest BCUT2D eigenvalue weighted by Gasteiger charge is 2.46. The number of carbonyl (C=O) groups is 1. The second kappa shape index (κ2) is 4.92. The number of carboxylic acid groups (broad SMARTS) is 1. The molecule has 0 bridgehead atoms. The van der Waals surface area contributed by atoms with Crippen molar-refractivity contribution in [2.24, 2.45) is 0 Å². The fourth-order valence-corrected chi connectivity index (χ4v) is 1.83. The Morgan fingerprint density at radius 3 is 1.88 bits per heavy atom. The second-order valence-corrected chi connectivity index (χ2v) is 4.30. The summed E-state index contributed by atoms with van der Waals surface area (Å²) in [7, 11) is 0. The van der Waals surface area contributed by atoms with E-state index in [0.29, 0.717) is 0 Å². The van der Waals surface area contributed by atoms with Crippen LogP contribution < -0.4 is 0 Å². The molecule has 0 saturated carbocycles. The lowest BCUT2D eigenvalue weighted by atomic mass is 9.99. The highest BCUT2D eigenvalue weighted by Crippen LogP contribution is 2.39. The molecular weight excluding hydrogens is 303 g/mol. The average molecular weight is 307 g/mol. The summed E-state index contributed by atoms with van der Waals surface area (Å²) in [6, 6.07) is 1.67. The minimum absolute atomic E-state index is 0.122. The van der Waals surface area contributed by atoms with Crippen molar-refractivity contribution in [3.05, 3.63) is 32.8 Å². The van der Waals surface area contributed by atoms with Crippen molar-refractivity contribution in [2.75, 3.05) is 0 Å². The number of benzene rings is 1. The maximum atomic E-state index is 12.5. The van der Waals surface area contributed by atoms with Crippen LogP contribution in [0.15, 0.2) is 12.1 Å². The number of aliphatic carboxylic acids is 1. The van der Waals surface area contributed by atoms with E-state index in [4.69, 9.17) is 39.9 Å². The van der Waals surface area contributed by atoms with Crippen LogP contribution in [0.5, 0.6) is 0 Å². The Morgan fingerprint density at radius 1 is 1.18 bits per heavy atom. The van der Waals surface area contributed by atoms with Crippen molar-refractivity contribution >= 4 is 40.8 Å². The number of carboxylic acids is 1. The molecule has 2 nitrogen and oxygen atoms in total. The average Bonchev–Trinajstić information content (AvgIpc) is 2.10. The molecule has 1 aromatic rings. The van der Waals surface area contributed by atoms with Gasteiger partial charge < -0.3 is 5.11 Å². The van der Waals surface area contributed by atoms with Crippen LogP contribution >= 0.6 is 34.8 Å². The third-order valence-corrected chi connectivity index (χ3v) is 3.11. The quantitative estimate of drug-likeness (QED) is 0.823. The van der Waals surface area contributed by atoms with Gasteiger partial charge in [0.15, 0.2) is 5.92 Å². The SMILES string of the molecule is O=C(O)C(c1cc(Cl)c(Cl)c(Cl)c1)C(F)(F)F. The molecule has 0 heterocycles. The minimum atomic E-state index is -4.94. The third kappa shape index (κ3) is 3.18. The van der Waals surface area contributed by atoms with Gasteiger partial charge in [-0.1, -0.05) is 34.8 Å². The molecule has 1 aromatic carbocycles. The molecule has 0 saturated heterocycles. The normalized spacial score (nSPS) is 13.5. The Balaban J connectivity index is 3.35. The van der Waals surface area contributed by atoms with Gasteiger partial charge in [-0.3, -0.25) is 4.79 Å². The van der Waals surface area contributed by atoms with Gasteiger partial charge in [-0.15, -0.1) is 0 Å². The van der Waals surface area contributed by atoms with Gasteiger partial charge >= 0.3 is 12.1 Å². The summed E-state index contributed by atoms with van der Waals surface area (Å²) >= 11 is 16.6. The minimum Gasteiger partial charge on any atom is -0.481 e. The fraction of sp³-hybridized carbons (Fsp3) is 0.222. The van der Waals surface area contributed by atoms with E-state index in [2.05, 4.69) is 0 Å². The van der Waals surface area contributed by atoms with E-state index in [1.807, 2.05) is 0 Å². The zero-order valence-corrected chi connectivity index (χ0v) is 10.1. The molecule has 8 heteroatoms. The maximum Gasteiger partial charge on any atom is 0.406 e. The predicted molar refractivity (Wildman–Crippen MR) is 57.9 cm³/mol. The molecule has 0 fully saturated rings. The lowest BCUT2D eigenvalue weighted by Gasteiger charge is -2.17. The van der Waals surface area contributed by atoms with Gasteiger partial charge in [0.2, 0.25) is 0 Å². The van der Waals surface area contributed by atoms with Crippen LogP contribution in [0.2, 0.25) is 15.1 Å². The van der Waals surface area contributed by atoms with Crippen LogP contribution in [-0.2, 0) is 4.79 Å². The van der Waals surface area contributed by atoms with Crippen molar-refractivity contribution in [1.82, 2.24) is 0 Å². The summed E-state index contributed by atoms with van der Waals surface area (Å²) < 4.78 is 37.6. The molecule has 1 rings (SSSR count). The maximum absolute atomic E-state index is 12.5. The molecule has 0 aliphatic rings. The van der Waals surface area contributed by atoms with Crippen LogP contribution in [0.25, 0.3) is 0 Å². The van der Waals surface area contributed by atoms with Crippen LogP contribution in [0.1, 0.15) is 11.5 Å². The summed E-state index contributed by atoms with van der Waals surface area (Å²) in [5, 5.41) is 7.99. The molecule has 1 atom stereocenters. The molecule has 0 aromatic heterocycles. The molecule has 0 amide bonds. The van der Waals surface area contributed by atoms with Crippen molar-refractivity contribution in [3.8, 4) is 0 Å². The highest BCUT2D eigenvalue weighted by atomic mass is 35.5. The van der Waals surface area contributed by atoms with Crippen molar-refractivity contribution in [1.29, 1.82) is 0 Å². The highest BCUT2D eigenvalue weighted by molar-refractivity contribution is 6.48. The Labute approximate surface area is 109 Å². The van der Waals surface area contributed by atoms with Crippen LogP contribution in [0.4, 0.5) is 13.2 Å². The largest absolute Gasteiger partial charge is 0.481 e. The number of rotatable bonds is 2. The Morgan fingerprint density at radius 2 is 1.59 bits per heavy atom. The van der Waals surface area contributed by atoms with Crippen LogP contribution in [0, 0.1) is 0 Å². The van der Waals surface area contributed by atoms with Gasteiger partial charge in [0.1, 0.15) is 0 Å². The number of alkyl halides is 3. The molecule has 0 radical (unpaired) electrons. The van der Waals surface area contributed by atoms with Crippen molar-refractivity contribution in [2.45, 2.75) is 12.1 Å². The molecule has 1 N–H and O–H groups in total. The molecule has 0 spiro atoms. The predicted octanol–water partition coefficient (Wildman–Crippen LogP) is 4.38. The van der Waals surface area contributed by atoms with Gasteiger partial charge in [0.25, 0.3) is 0 Å². The van der Waals surface area contributed by atoms with Gasteiger partial charge in [-0.25, -0.2) is 0 Å². The van der Waals surface area contributed by atoms with E-state index < -0.39 is 23.6 Å². The smallest absolute Gasteiger partial charge is 0.406 e. The Hall–Kier alpha value is -0.650. The monoisotopic (exact) mass is 306 g/mol. The topological polar surface area (TPSA) is 37.3 Å². The first-order valence-corrected chi connectivity index (χ1v) is 5.22. The van der Waals surface area contributed by atoms with E-state index >= 15 is 0 Å². The summed E-state index contributed by atoms with van der Waals surface area (Å²) in [6.07, 6.45) is -4.94. The van der Waals surface area contributed by atoms with Gasteiger partial charge in [-0.2, -0.15) is 13.2 Å². The first kappa shape index (κ1) is 14.4.